The fourth-order valence-corrected chi connectivity index (χ4v) is 2.90. The molecule has 1 aromatic rings. The van der Waals surface area contributed by atoms with E-state index in [0.717, 1.165) is 4.90 Å². The van der Waals surface area contributed by atoms with E-state index in [1.807, 2.05) is 0 Å². The lowest BCUT2D eigenvalue weighted by atomic mass is 10.2. The highest BCUT2D eigenvalue weighted by atomic mass is 79.9. The number of hydrogen-bond acceptors (Lipinski definition) is 6. The summed E-state index contributed by atoms with van der Waals surface area (Å²) in [6.45, 7) is 4.99. The van der Waals surface area contributed by atoms with Gasteiger partial charge < -0.3 is 14.6 Å². The second-order valence-electron chi connectivity index (χ2n) is 6.83. The zero-order valence-electron chi connectivity index (χ0n) is 14.5. The molecule has 0 aromatic heterocycles. The van der Waals surface area contributed by atoms with Gasteiger partial charge in [0.25, 0.3) is 0 Å². The molecule has 0 spiro atoms. The molecular weight excluding hydrogens is 412 g/mol. The largest absolute Gasteiger partial charge is 0.482 e. The summed E-state index contributed by atoms with van der Waals surface area (Å²) in [4.78, 5) is 35.4. The van der Waals surface area contributed by atoms with Crippen LogP contribution < -0.4 is 4.74 Å². The maximum Gasteiger partial charge on any atom is 0.411 e. The Balaban J connectivity index is 2.19. The van der Waals surface area contributed by atoms with Crippen LogP contribution in [0.25, 0.3) is 0 Å². The summed E-state index contributed by atoms with van der Waals surface area (Å²) in [5.41, 5.74) is -1.02. The number of carbonyl (C=O) groups is 2. The van der Waals surface area contributed by atoms with Crippen molar-refractivity contribution in [3.63, 3.8) is 0 Å². The molecule has 1 amide bonds. The Kier molecular flexibility index (Phi) is 5.74. The van der Waals surface area contributed by atoms with Gasteiger partial charge in [0.15, 0.2) is 5.75 Å². The Morgan fingerprint density at radius 2 is 2.04 bits per heavy atom. The maximum absolute atomic E-state index is 12.3. The number of nitro benzene ring substituents is 1. The van der Waals surface area contributed by atoms with Gasteiger partial charge in [0, 0.05) is 17.0 Å². The van der Waals surface area contributed by atoms with E-state index in [2.05, 4.69) is 15.9 Å². The number of aliphatic carboxylic acids is 1. The summed E-state index contributed by atoms with van der Waals surface area (Å²) in [5, 5.41) is 20.6. The van der Waals surface area contributed by atoms with E-state index in [1.54, 1.807) is 26.8 Å². The van der Waals surface area contributed by atoms with Gasteiger partial charge in [-0.05, 0) is 32.9 Å². The molecule has 0 aliphatic carbocycles. The monoisotopic (exact) mass is 430 g/mol. The van der Waals surface area contributed by atoms with E-state index in [9.17, 15) is 24.8 Å². The number of amides is 1. The zero-order valence-corrected chi connectivity index (χ0v) is 16.1. The molecule has 0 saturated carbocycles. The Morgan fingerprint density at radius 1 is 1.38 bits per heavy atom. The van der Waals surface area contributed by atoms with Crippen molar-refractivity contribution >= 4 is 33.7 Å². The minimum absolute atomic E-state index is 0.00178. The molecular formula is C16H19BrN2O7. The fraction of sp³-hybridized carbons (Fsp3) is 0.500. The smallest absolute Gasteiger partial charge is 0.411 e. The molecule has 142 valence electrons. The van der Waals surface area contributed by atoms with E-state index >= 15 is 0 Å². The molecule has 1 N–H and O–H groups in total. The number of likely N-dealkylation sites (tertiary alicyclic amines) is 1. The minimum atomic E-state index is -1.19. The molecule has 1 aliphatic heterocycles. The highest BCUT2D eigenvalue weighted by Crippen LogP contribution is 2.33. The van der Waals surface area contributed by atoms with Crippen LogP contribution in [0.2, 0.25) is 0 Å². The molecule has 2 unspecified atom stereocenters. The standard InChI is InChI=1S/C16H19BrN2O7/c1-16(2,3)26-15(22)18-8-10(7-12(18)14(20)21)25-13-5-4-9(17)6-11(13)19(23)24/h4-6,10,12H,7-8H2,1-3H3,(H,20,21). The molecule has 1 aromatic carbocycles. The normalized spacial score (nSPS) is 19.9. The van der Waals surface area contributed by atoms with Gasteiger partial charge in [0.05, 0.1) is 11.5 Å². The van der Waals surface area contributed by atoms with E-state index < -0.39 is 34.7 Å². The SMILES string of the molecule is CC(C)(C)OC(=O)N1CC(Oc2ccc(Br)cc2[N+](=O)[O-])CC1C(=O)O. The molecule has 2 atom stereocenters. The van der Waals surface area contributed by atoms with E-state index in [0.29, 0.717) is 4.47 Å². The first-order chi connectivity index (χ1) is 12.0. The first kappa shape index (κ1) is 20.0. The Bertz CT molecular complexity index is 732. The van der Waals surface area contributed by atoms with Gasteiger partial charge in [-0.3, -0.25) is 15.0 Å². The predicted octanol–water partition coefficient (Wildman–Crippen LogP) is 3.20. The van der Waals surface area contributed by atoms with Crippen molar-refractivity contribution in [1.29, 1.82) is 0 Å². The van der Waals surface area contributed by atoms with Crippen molar-refractivity contribution in [2.24, 2.45) is 0 Å². The summed E-state index contributed by atoms with van der Waals surface area (Å²) < 4.78 is 11.4. The number of carboxylic acid groups (broad SMARTS) is 1. The third-order valence-corrected chi connectivity index (χ3v) is 4.08. The number of nitrogens with zero attached hydrogens (tertiary/aromatic N) is 2. The number of benzene rings is 1. The Morgan fingerprint density at radius 3 is 2.58 bits per heavy atom. The first-order valence-corrected chi connectivity index (χ1v) is 8.60. The highest BCUT2D eigenvalue weighted by molar-refractivity contribution is 9.10. The van der Waals surface area contributed by atoms with Gasteiger partial charge >= 0.3 is 17.7 Å². The Hall–Kier alpha value is -2.36. The van der Waals surface area contributed by atoms with Crippen LogP contribution in [0.1, 0.15) is 27.2 Å². The molecule has 1 aliphatic rings. The van der Waals surface area contributed by atoms with Crippen LogP contribution in [0, 0.1) is 10.1 Å². The Labute approximate surface area is 158 Å². The van der Waals surface area contributed by atoms with Gasteiger partial charge in [-0.1, -0.05) is 15.9 Å². The van der Waals surface area contributed by atoms with Gasteiger partial charge in [0.2, 0.25) is 0 Å². The molecule has 26 heavy (non-hydrogen) atoms. The van der Waals surface area contributed by atoms with Crippen LogP contribution in [0.5, 0.6) is 5.75 Å². The number of carbonyl (C=O) groups excluding carboxylic acids is 1. The van der Waals surface area contributed by atoms with Crippen LogP contribution in [-0.4, -0.2) is 51.3 Å². The summed E-state index contributed by atoms with van der Waals surface area (Å²) in [7, 11) is 0. The van der Waals surface area contributed by atoms with Crippen molar-refractivity contribution in [3.8, 4) is 5.75 Å². The lowest BCUT2D eigenvalue weighted by Gasteiger charge is -2.26. The number of hydrogen-bond donors (Lipinski definition) is 1. The molecule has 10 heteroatoms. The van der Waals surface area contributed by atoms with Gasteiger partial charge in [-0.15, -0.1) is 0 Å². The van der Waals surface area contributed by atoms with Crippen molar-refractivity contribution in [3.05, 3.63) is 32.8 Å². The van der Waals surface area contributed by atoms with Crippen LogP contribution in [-0.2, 0) is 9.53 Å². The van der Waals surface area contributed by atoms with Crippen molar-refractivity contribution < 1.29 is 29.1 Å². The van der Waals surface area contributed by atoms with Gasteiger partial charge in [0.1, 0.15) is 17.7 Å². The molecule has 2 rings (SSSR count). The second-order valence-corrected chi connectivity index (χ2v) is 7.75. The molecule has 9 nitrogen and oxygen atoms in total. The number of halogens is 1. The first-order valence-electron chi connectivity index (χ1n) is 7.81. The van der Waals surface area contributed by atoms with Crippen molar-refractivity contribution in [2.45, 2.75) is 44.9 Å². The lowest BCUT2D eigenvalue weighted by Crippen LogP contribution is -2.43. The highest BCUT2D eigenvalue weighted by Gasteiger charge is 2.43. The molecule has 1 heterocycles. The second kappa shape index (κ2) is 7.48. The van der Waals surface area contributed by atoms with Crippen LogP contribution >= 0.6 is 15.9 Å². The summed E-state index contributed by atoms with van der Waals surface area (Å²) in [6.07, 6.45) is -1.47. The average Bonchev–Trinajstić information content (AvgIpc) is 2.91. The maximum atomic E-state index is 12.3. The number of ether oxygens (including phenoxy) is 2. The van der Waals surface area contributed by atoms with Crippen molar-refractivity contribution in [2.75, 3.05) is 6.54 Å². The zero-order chi connectivity index (χ0) is 19.6. The van der Waals surface area contributed by atoms with E-state index in [4.69, 9.17) is 9.47 Å². The lowest BCUT2D eigenvalue weighted by molar-refractivity contribution is -0.386. The van der Waals surface area contributed by atoms with Crippen molar-refractivity contribution in [1.82, 2.24) is 4.90 Å². The summed E-state index contributed by atoms with van der Waals surface area (Å²) in [5.74, 6) is -1.18. The van der Waals surface area contributed by atoms with Crippen LogP contribution in [0.15, 0.2) is 22.7 Å². The third kappa shape index (κ3) is 4.84. The third-order valence-electron chi connectivity index (χ3n) is 3.59. The number of carboxylic acids is 1. The molecule has 1 fully saturated rings. The van der Waals surface area contributed by atoms with E-state index in [1.165, 1.54) is 12.1 Å². The van der Waals surface area contributed by atoms with Crippen LogP contribution in [0.4, 0.5) is 10.5 Å². The quantitative estimate of drug-likeness (QED) is 0.574. The van der Waals surface area contributed by atoms with Gasteiger partial charge in [-0.25, -0.2) is 9.59 Å². The summed E-state index contributed by atoms with van der Waals surface area (Å²) in [6, 6.07) is 3.18. The van der Waals surface area contributed by atoms with Crippen LogP contribution in [0.3, 0.4) is 0 Å². The minimum Gasteiger partial charge on any atom is -0.482 e. The topological polar surface area (TPSA) is 119 Å². The van der Waals surface area contributed by atoms with E-state index in [-0.39, 0.29) is 24.4 Å². The predicted molar refractivity (Wildman–Crippen MR) is 94.2 cm³/mol. The summed E-state index contributed by atoms with van der Waals surface area (Å²) >= 11 is 3.16. The average molecular weight is 431 g/mol. The van der Waals surface area contributed by atoms with Gasteiger partial charge in [-0.2, -0.15) is 0 Å². The molecule has 0 radical (unpaired) electrons. The number of rotatable bonds is 4. The molecule has 0 bridgehead atoms. The number of nitro groups is 1. The molecule has 1 saturated heterocycles. The fourth-order valence-electron chi connectivity index (χ4n) is 2.55.